The van der Waals surface area contributed by atoms with E-state index in [1.165, 1.54) is 11.3 Å². The fourth-order valence-electron chi connectivity index (χ4n) is 2.20. The van der Waals surface area contributed by atoms with Crippen molar-refractivity contribution in [2.24, 2.45) is 0 Å². The minimum absolute atomic E-state index is 0.247. The Morgan fingerprint density at radius 3 is 2.81 bits per heavy atom. The van der Waals surface area contributed by atoms with Crippen molar-refractivity contribution in [1.82, 2.24) is 9.88 Å². The molecule has 0 aliphatic heterocycles. The van der Waals surface area contributed by atoms with Crippen molar-refractivity contribution in [1.29, 1.82) is 0 Å². The monoisotopic (exact) mass is 393 g/mol. The van der Waals surface area contributed by atoms with Crippen LogP contribution in [0.3, 0.4) is 0 Å². The second-order valence-electron chi connectivity index (χ2n) is 5.42. The van der Waals surface area contributed by atoms with Crippen molar-refractivity contribution in [3.8, 4) is 5.75 Å². The van der Waals surface area contributed by atoms with Crippen molar-refractivity contribution < 1.29 is 23.8 Å². The molecule has 2 rings (SSSR count). The average Bonchev–Trinajstić information content (AvgIpc) is 3.14. The molecule has 1 N–H and O–H groups in total. The van der Waals surface area contributed by atoms with Gasteiger partial charge in [0.15, 0.2) is 5.69 Å². The maximum absolute atomic E-state index is 12.7. The lowest BCUT2D eigenvalue weighted by Crippen LogP contribution is -2.36. The van der Waals surface area contributed by atoms with Gasteiger partial charge in [0.1, 0.15) is 10.8 Å². The maximum Gasteiger partial charge on any atom is 0.357 e. The van der Waals surface area contributed by atoms with Crippen molar-refractivity contribution in [3.05, 3.63) is 40.3 Å². The van der Waals surface area contributed by atoms with Gasteiger partial charge in [-0.2, -0.15) is 0 Å². The lowest BCUT2D eigenvalue weighted by molar-refractivity contribution is 0.0520. The van der Waals surface area contributed by atoms with Crippen LogP contribution in [0.25, 0.3) is 0 Å². The first kappa shape index (κ1) is 20.7. The summed E-state index contributed by atoms with van der Waals surface area (Å²) in [5.74, 6) is 0.180. The number of benzene rings is 1. The molecule has 146 valence electrons. The number of urea groups is 1. The van der Waals surface area contributed by atoms with Crippen LogP contribution < -0.4 is 10.1 Å². The highest BCUT2D eigenvalue weighted by Crippen LogP contribution is 2.18. The van der Waals surface area contributed by atoms with E-state index in [0.717, 1.165) is 0 Å². The van der Waals surface area contributed by atoms with Gasteiger partial charge in [-0.3, -0.25) is 0 Å². The zero-order valence-electron chi connectivity index (χ0n) is 15.6. The summed E-state index contributed by atoms with van der Waals surface area (Å²) in [6.07, 6.45) is 0. The molecule has 0 saturated heterocycles. The predicted octanol–water partition coefficient (Wildman–Crippen LogP) is 3.01. The molecular formula is C18H23N3O5S. The number of ether oxygens (including phenoxy) is 3. The van der Waals surface area contributed by atoms with E-state index < -0.39 is 5.97 Å². The lowest BCUT2D eigenvalue weighted by Gasteiger charge is -2.22. The molecular weight excluding hydrogens is 370 g/mol. The predicted molar refractivity (Wildman–Crippen MR) is 102 cm³/mol. The number of esters is 1. The Bertz CT molecular complexity index is 765. The molecule has 1 heterocycles. The number of carbonyl (C=O) groups is 2. The van der Waals surface area contributed by atoms with E-state index in [1.807, 2.05) is 0 Å². The number of rotatable bonds is 9. The van der Waals surface area contributed by atoms with Crippen LogP contribution in [0.5, 0.6) is 5.75 Å². The first-order chi connectivity index (χ1) is 13.1. The van der Waals surface area contributed by atoms with Crippen LogP contribution in [-0.4, -0.2) is 55.9 Å². The highest BCUT2D eigenvalue weighted by molar-refractivity contribution is 7.09. The average molecular weight is 393 g/mol. The number of anilines is 1. The molecule has 0 atom stereocenters. The summed E-state index contributed by atoms with van der Waals surface area (Å²) in [7, 11) is 3.13. The quantitative estimate of drug-likeness (QED) is 0.659. The molecule has 0 aliphatic rings. The van der Waals surface area contributed by atoms with Crippen LogP contribution in [0, 0.1) is 0 Å². The van der Waals surface area contributed by atoms with E-state index >= 15 is 0 Å². The van der Waals surface area contributed by atoms with Gasteiger partial charge in [-0.15, -0.1) is 11.3 Å². The van der Waals surface area contributed by atoms with Crippen LogP contribution in [-0.2, 0) is 16.0 Å². The SMILES string of the molecule is CCOC(=O)c1csc(CN(CCOC)C(=O)Nc2cccc(OC)c2)n1. The van der Waals surface area contributed by atoms with Crippen molar-refractivity contribution in [2.45, 2.75) is 13.5 Å². The molecule has 0 aliphatic carbocycles. The second-order valence-corrected chi connectivity index (χ2v) is 6.37. The van der Waals surface area contributed by atoms with Crippen molar-refractivity contribution in [2.75, 3.05) is 39.3 Å². The number of hydrogen-bond donors (Lipinski definition) is 1. The third kappa shape index (κ3) is 6.22. The first-order valence-electron chi connectivity index (χ1n) is 8.37. The van der Waals surface area contributed by atoms with Crippen molar-refractivity contribution in [3.63, 3.8) is 0 Å². The largest absolute Gasteiger partial charge is 0.497 e. The van der Waals surface area contributed by atoms with Gasteiger partial charge in [0.05, 0.1) is 26.9 Å². The topological polar surface area (TPSA) is 90.0 Å². The van der Waals surface area contributed by atoms with Gasteiger partial charge in [0, 0.05) is 30.8 Å². The summed E-state index contributed by atoms with van der Waals surface area (Å²) in [4.78, 5) is 30.2. The van der Waals surface area contributed by atoms with Crippen LogP contribution in [0.2, 0.25) is 0 Å². The minimum Gasteiger partial charge on any atom is -0.497 e. The molecule has 9 heteroatoms. The summed E-state index contributed by atoms with van der Waals surface area (Å²) in [5, 5.41) is 5.09. The second kappa shape index (κ2) is 10.5. The number of amides is 2. The summed E-state index contributed by atoms with van der Waals surface area (Å²) in [6, 6.07) is 6.80. The van der Waals surface area contributed by atoms with Crippen LogP contribution in [0.1, 0.15) is 22.4 Å². The van der Waals surface area contributed by atoms with E-state index in [0.29, 0.717) is 29.6 Å². The number of nitrogens with zero attached hydrogens (tertiary/aromatic N) is 2. The highest BCUT2D eigenvalue weighted by Gasteiger charge is 2.18. The van der Waals surface area contributed by atoms with Gasteiger partial charge in [-0.25, -0.2) is 14.6 Å². The van der Waals surface area contributed by atoms with Gasteiger partial charge < -0.3 is 24.4 Å². The van der Waals surface area contributed by atoms with E-state index in [2.05, 4.69) is 10.3 Å². The van der Waals surface area contributed by atoms with Crippen molar-refractivity contribution >= 4 is 29.0 Å². The van der Waals surface area contributed by atoms with Gasteiger partial charge in [0.25, 0.3) is 0 Å². The number of carbonyl (C=O) groups excluding carboxylic acids is 2. The Kier molecular flexibility index (Phi) is 8.02. The van der Waals surface area contributed by atoms with Crippen LogP contribution >= 0.6 is 11.3 Å². The lowest BCUT2D eigenvalue weighted by atomic mass is 10.3. The number of nitrogens with one attached hydrogen (secondary N) is 1. The van der Waals surface area contributed by atoms with E-state index in [9.17, 15) is 9.59 Å². The molecule has 1 aromatic carbocycles. The molecule has 0 spiro atoms. The summed E-state index contributed by atoms with van der Waals surface area (Å²) < 4.78 is 15.2. The molecule has 0 saturated carbocycles. The Labute approximate surface area is 162 Å². The van der Waals surface area contributed by atoms with Crippen LogP contribution in [0.15, 0.2) is 29.6 Å². The molecule has 0 radical (unpaired) electrons. The van der Waals surface area contributed by atoms with Crippen LogP contribution in [0.4, 0.5) is 10.5 Å². The fraction of sp³-hybridized carbons (Fsp3) is 0.389. The van der Waals surface area contributed by atoms with E-state index in [-0.39, 0.29) is 24.9 Å². The third-order valence-electron chi connectivity index (χ3n) is 3.54. The maximum atomic E-state index is 12.7. The third-order valence-corrected chi connectivity index (χ3v) is 4.37. The number of hydrogen-bond acceptors (Lipinski definition) is 7. The van der Waals surface area contributed by atoms with Gasteiger partial charge in [-0.05, 0) is 19.1 Å². The molecule has 1 aromatic heterocycles. The number of aromatic nitrogens is 1. The first-order valence-corrected chi connectivity index (χ1v) is 9.25. The van der Waals surface area contributed by atoms with Gasteiger partial charge in [-0.1, -0.05) is 6.07 Å². The van der Waals surface area contributed by atoms with E-state index in [1.54, 1.807) is 55.7 Å². The Balaban J connectivity index is 2.07. The molecule has 0 unspecified atom stereocenters. The zero-order chi connectivity index (χ0) is 19.6. The smallest absolute Gasteiger partial charge is 0.357 e. The summed E-state index contributed by atoms with van der Waals surface area (Å²) in [6.45, 7) is 3.03. The standard InChI is InChI=1S/C18H23N3O5S/c1-4-26-17(22)15-12-27-16(20-15)11-21(8-9-24-2)18(23)19-13-6-5-7-14(10-13)25-3/h5-7,10,12H,4,8-9,11H2,1-3H3,(H,19,23). The van der Waals surface area contributed by atoms with E-state index in [4.69, 9.17) is 14.2 Å². The Hall–Kier alpha value is -2.65. The minimum atomic E-state index is -0.468. The molecule has 27 heavy (non-hydrogen) atoms. The zero-order valence-corrected chi connectivity index (χ0v) is 16.4. The summed E-state index contributed by atoms with van der Waals surface area (Å²) >= 11 is 1.30. The normalized spacial score (nSPS) is 10.3. The molecule has 2 aromatic rings. The number of thiazole rings is 1. The summed E-state index contributed by atoms with van der Waals surface area (Å²) in [5.41, 5.74) is 0.866. The number of methoxy groups -OCH3 is 2. The molecule has 0 bridgehead atoms. The van der Waals surface area contributed by atoms with Gasteiger partial charge in [0.2, 0.25) is 0 Å². The molecule has 2 amide bonds. The Morgan fingerprint density at radius 2 is 2.11 bits per heavy atom. The molecule has 8 nitrogen and oxygen atoms in total. The molecule has 0 fully saturated rings. The fourth-order valence-corrected chi connectivity index (χ4v) is 2.98. The Morgan fingerprint density at radius 1 is 1.30 bits per heavy atom. The van der Waals surface area contributed by atoms with Gasteiger partial charge >= 0.3 is 12.0 Å². The highest BCUT2D eigenvalue weighted by atomic mass is 32.1.